The average molecular weight is 1080 g/mol. The molecule has 8 heterocycles. The number of nitrogens with zero attached hydrogens (tertiary/aromatic N) is 2. The number of fused-ring (bicyclic) bond motifs is 8. The number of benzene rings is 1. The predicted octanol–water partition coefficient (Wildman–Crippen LogP) is 14.3. The lowest BCUT2D eigenvalue weighted by Gasteiger charge is -2.73. The van der Waals surface area contributed by atoms with E-state index in [1.54, 1.807) is 11.3 Å². The predicted molar refractivity (Wildman–Crippen MR) is 307 cm³/mol. The molecule has 5 saturated heterocycles. The number of allylic oxidation sites excluding steroid dienone is 4. The van der Waals surface area contributed by atoms with Gasteiger partial charge in [-0.3, -0.25) is 9.69 Å². The van der Waals surface area contributed by atoms with Crippen LogP contribution in [-0.2, 0) is 26.3 Å². The van der Waals surface area contributed by atoms with Crippen molar-refractivity contribution in [3.63, 3.8) is 0 Å². The van der Waals surface area contributed by atoms with Gasteiger partial charge in [0.2, 0.25) is 0 Å². The van der Waals surface area contributed by atoms with E-state index in [0.717, 1.165) is 67.7 Å². The molecule has 3 N–H and O–H groups in total. The van der Waals surface area contributed by atoms with E-state index in [-0.39, 0.29) is 47.1 Å². The Morgan fingerprint density at radius 3 is 2.29 bits per heavy atom. The summed E-state index contributed by atoms with van der Waals surface area (Å²) in [7, 11) is 0. The van der Waals surface area contributed by atoms with Gasteiger partial charge in [-0.2, -0.15) is 0 Å². The van der Waals surface area contributed by atoms with E-state index >= 15 is 9.59 Å². The molecule has 1 aromatic carbocycles. The van der Waals surface area contributed by atoms with E-state index in [2.05, 4.69) is 40.2 Å². The van der Waals surface area contributed by atoms with Gasteiger partial charge in [0.05, 0.1) is 11.0 Å². The van der Waals surface area contributed by atoms with Gasteiger partial charge in [-0.25, -0.2) is 4.79 Å². The Labute approximate surface area is 477 Å². The second-order valence-electron chi connectivity index (χ2n) is 32.2. The Morgan fingerprint density at radius 2 is 1.50 bits per heavy atom. The Balaban J connectivity index is 0.903. The fourth-order valence-corrected chi connectivity index (χ4v) is 28.3. The molecule has 8 aliphatic heterocycles. The Morgan fingerprint density at radius 1 is 0.725 bits per heavy atom. The number of aryl methyl sites for hydroxylation is 1. The molecule has 6 spiro atoms. The van der Waals surface area contributed by atoms with Crippen LogP contribution in [0.25, 0.3) is 0 Å². The summed E-state index contributed by atoms with van der Waals surface area (Å²) in [5.74, 6) is 5.29. The molecule has 16 atom stereocenters. The summed E-state index contributed by atoms with van der Waals surface area (Å²) in [6.45, 7) is 2.92. The van der Waals surface area contributed by atoms with Gasteiger partial charge in [-0.05, 0) is 222 Å². The highest BCUT2D eigenvalue weighted by Crippen LogP contribution is 2.89. The summed E-state index contributed by atoms with van der Waals surface area (Å²) in [6, 6.07) is 7.90. The SMILES string of the molecule is NCCCc1cccc2c1C(=O)OC21C2CC(C3CCCC3)C=CC3CC4C5C6=C3C23C(=O)OC(=C(O)C2CC7CCC8(CC9(CCCC9)C9(CCCC9)C8)C2N2CC8CC(CN9C5=C(CCC89)CC4C4CCCCC4)C72)C31CC6. The maximum Gasteiger partial charge on any atom is 0.339 e. The normalized spacial score (nSPS) is 46.4. The first-order valence-corrected chi connectivity index (χ1v) is 34.6. The topological polar surface area (TPSA) is 105 Å². The summed E-state index contributed by atoms with van der Waals surface area (Å²) in [6.07, 6.45) is 44.8. The van der Waals surface area contributed by atoms with Crippen molar-refractivity contribution in [1.29, 1.82) is 0 Å². The standard InChI is InChI=1S/C72H93N3O5/c73-31-11-17-43-16-10-18-54-57(43)65(77)80-72(54)56-36-44(41-12-4-5-13-41)19-20-45-33-52-51(42-14-2-1-3-15-42)34-46-21-22-55-48-32-49-38-74(55)61(46)58(52)50-24-30-70(72)64(79-66(78)71(56,70)59(45)50)62(76)53-35-47-23-29-67(63(53)75(37-48)60(47)49)39-68(25-6-7-26-68)69(40-67)27-8-9-28-69/h10,16,18-20,41-42,44-45,47-49,51-53,55-56,58,60,63,76H,1-9,11-15,17,21-40,73H2. The van der Waals surface area contributed by atoms with Crippen LogP contribution in [0.3, 0.4) is 0 Å². The third kappa shape index (κ3) is 5.65. The van der Waals surface area contributed by atoms with Crippen molar-refractivity contribution in [2.24, 2.45) is 104 Å². The summed E-state index contributed by atoms with van der Waals surface area (Å²) < 4.78 is 15.2. The van der Waals surface area contributed by atoms with Crippen LogP contribution < -0.4 is 5.73 Å². The van der Waals surface area contributed by atoms with Crippen LogP contribution in [0.15, 0.2) is 64.3 Å². The van der Waals surface area contributed by atoms with Gasteiger partial charge >= 0.3 is 11.9 Å². The van der Waals surface area contributed by atoms with E-state index in [4.69, 9.17) is 15.2 Å². The van der Waals surface area contributed by atoms with E-state index in [1.807, 2.05) is 5.57 Å². The molecular weight excluding hydrogens is 987 g/mol. The molecule has 0 amide bonds. The highest BCUT2D eigenvalue weighted by atomic mass is 16.6. The van der Waals surface area contributed by atoms with Gasteiger partial charge in [0.15, 0.2) is 11.4 Å². The van der Waals surface area contributed by atoms with Crippen LogP contribution >= 0.6 is 0 Å². The van der Waals surface area contributed by atoms with Crippen molar-refractivity contribution in [1.82, 2.24) is 9.80 Å². The Kier molecular flexibility index (Phi) is 10.2. The number of esters is 2. The van der Waals surface area contributed by atoms with Gasteiger partial charge in [0, 0.05) is 60.2 Å². The minimum atomic E-state index is -1.14. The van der Waals surface area contributed by atoms with Gasteiger partial charge in [0.1, 0.15) is 11.2 Å². The van der Waals surface area contributed by atoms with Crippen LogP contribution in [0.5, 0.6) is 0 Å². The second-order valence-corrected chi connectivity index (χ2v) is 32.2. The molecule has 80 heavy (non-hydrogen) atoms. The molecule has 9 bridgehead atoms. The van der Waals surface area contributed by atoms with Crippen LogP contribution in [0.1, 0.15) is 221 Å². The number of carbonyl (C=O) groups excluding carboxylic acids is 2. The lowest BCUT2D eigenvalue weighted by atomic mass is 9.27. The van der Waals surface area contributed by atoms with Crippen molar-refractivity contribution in [3.05, 3.63) is 81.0 Å². The smallest absolute Gasteiger partial charge is 0.339 e. The number of nitrogens with two attached hydrogens (primary N) is 1. The number of ether oxygens (including phenoxy) is 2. The first-order valence-electron chi connectivity index (χ1n) is 34.6. The molecule has 0 aromatic heterocycles. The third-order valence-corrected chi connectivity index (χ3v) is 30.1. The number of aliphatic hydroxyl groups is 1. The highest BCUT2D eigenvalue weighted by molar-refractivity contribution is 6.00. The number of piperidine rings is 3. The number of hydrogen-bond acceptors (Lipinski definition) is 8. The summed E-state index contributed by atoms with van der Waals surface area (Å²) in [5, 5.41) is 14.7. The molecule has 11 aliphatic carbocycles. The van der Waals surface area contributed by atoms with E-state index in [9.17, 15) is 5.11 Å². The zero-order chi connectivity index (χ0) is 52.9. The van der Waals surface area contributed by atoms with Gasteiger partial charge in [0.25, 0.3) is 0 Å². The fourth-order valence-electron chi connectivity index (χ4n) is 28.3. The fraction of sp³-hybridized carbons (Fsp3) is 0.778. The first kappa shape index (κ1) is 49.0. The Bertz CT molecular complexity index is 2970. The Hall–Kier alpha value is -3.36. The third-order valence-electron chi connectivity index (χ3n) is 30.1. The maximum atomic E-state index is 17.1. The molecule has 0 radical (unpaired) electrons. The summed E-state index contributed by atoms with van der Waals surface area (Å²) >= 11 is 0. The molecule has 1 aromatic rings. The number of carbonyl (C=O) groups is 2. The first-order chi connectivity index (χ1) is 39.2. The van der Waals surface area contributed by atoms with E-state index in [1.165, 1.54) is 173 Å². The van der Waals surface area contributed by atoms with Gasteiger partial charge in [-0.1, -0.05) is 112 Å². The van der Waals surface area contributed by atoms with Crippen molar-refractivity contribution >= 4 is 11.9 Å². The monoisotopic (exact) mass is 1080 g/mol. The van der Waals surface area contributed by atoms with Crippen LogP contribution in [0.2, 0.25) is 0 Å². The lowest BCUT2D eigenvalue weighted by molar-refractivity contribution is -0.282. The van der Waals surface area contributed by atoms with Crippen LogP contribution in [-0.4, -0.2) is 64.6 Å². The maximum absolute atomic E-state index is 17.1. The lowest BCUT2D eigenvalue weighted by Crippen LogP contribution is -2.78. The molecule has 16 unspecified atom stereocenters. The highest BCUT2D eigenvalue weighted by Gasteiger charge is 2.94. The average Bonchev–Trinajstić information content (AvgIpc) is 2.31. The van der Waals surface area contributed by atoms with Crippen molar-refractivity contribution in [2.45, 2.75) is 229 Å². The molecule has 8 heteroatoms. The molecule has 8 nitrogen and oxygen atoms in total. The molecule has 20 rings (SSSR count). The number of rotatable bonds is 5. The van der Waals surface area contributed by atoms with E-state index < -0.39 is 16.4 Å². The molecular formula is C72H93N3O5. The molecule has 12 fully saturated rings. The van der Waals surface area contributed by atoms with Crippen molar-refractivity contribution < 1.29 is 24.2 Å². The number of aliphatic hydroxyl groups excluding tert-OH is 1. The van der Waals surface area contributed by atoms with Gasteiger partial charge < -0.3 is 25.2 Å². The van der Waals surface area contributed by atoms with Crippen molar-refractivity contribution in [3.8, 4) is 0 Å². The summed E-state index contributed by atoms with van der Waals surface area (Å²) in [4.78, 5) is 39.2. The zero-order valence-electron chi connectivity index (χ0n) is 48.3. The number of hydrogen-bond donors (Lipinski definition) is 2. The largest absolute Gasteiger partial charge is 0.508 e. The van der Waals surface area contributed by atoms with Crippen LogP contribution in [0, 0.1) is 98.1 Å². The summed E-state index contributed by atoms with van der Waals surface area (Å²) in [5.41, 5.74) is 13.3. The van der Waals surface area contributed by atoms with Gasteiger partial charge in [-0.15, -0.1) is 0 Å². The zero-order valence-corrected chi connectivity index (χ0v) is 48.3. The van der Waals surface area contributed by atoms with Crippen LogP contribution in [0.4, 0.5) is 0 Å². The quantitative estimate of drug-likeness (QED) is 0.222. The minimum Gasteiger partial charge on any atom is -0.508 e. The minimum absolute atomic E-state index is 0.0962. The molecule has 19 aliphatic rings. The van der Waals surface area contributed by atoms with Crippen molar-refractivity contribution in [2.75, 3.05) is 19.6 Å². The molecule has 7 saturated carbocycles. The second kappa shape index (κ2) is 16.7. The van der Waals surface area contributed by atoms with E-state index in [0.29, 0.717) is 88.8 Å². The molecule has 426 valence electrons.